The Morgan fingerprint density at radius 3 is 2.31 bits per heavy atom. The fraction of sp³-hybridized carbons (Fsp3) is 0.750. The van der Waals surface area contributed by atoms with Gasteiger partial charge in [0.15, 0.2) is 0 Å². The molecule has 6 nitrogen and oxygen atoms in total. The lowest BCUT2D eigenvalue weighted by molar-refractivity contribution is -0.172. The molecule has 0 radical (unpaired) electrons. The van der Waals surface area contributed by atoms with Crippen molar-refractivity contribution in [1.82, 2.24) is 14.9 Å². The average molecular weight is 750 g/mol. The van der Waals surface area contributed by atoms with Gasteiger partial charge in [-0.2, -0.15) is 11.8 Å². The highest BCUT2D eigenvalue weighted by atomic mass is 32.2. The highest BCUT2D eigenvalue weighted by Crippen LogP contribution is 2.72. The molecule has 1 heterocycles. The Bertz CT molecular complexity index is 1610. The van der Waals surface area contributed by atoms with E-state index in [1.54, 1.807) is 6.08 Å². The van der Waals surface area contributed by atoms with E-state index in [0.717, 1.165) is 30.1 Å². The van der Waals surface area contributed by atoms with E-state index in [9.17, 15) is 13.2 Å². The van der Waals surface area contributed by atoms with E-state index in [1.807, 2.05) is 31.2 Å². The summed E-state index contributed by atoms with van der Waals surface area (Å²) in [5.41, 5.74) is 4.10. The molecule has 1 aliphatic heterocycles. The fourth-order valence-corrected chi connectivity index (χ4v) is 15.6. The van der Waals surface area contributed by atoms with Crippen molar-refractivity contribution in [3.63, 3.8) is 0 Å². The number of nitrogens with zero attached hydrogens (tertiary/aromatic N) is 1. The fourth-order valence-electron chi connectivity index (χ4n) is 13.4. The third-order valence-corrected chi connectivity index (χ3v) is 18.5. The minimum absolute atomic E-state index is 0.0222. The molecule has 0 spiro atoms. The molecular weight excluding hydrogens is 683 g/mol. The van der Waals surface area contributed by atoms with E-state index >= 15 is 0 Å². The summed E-state index contributed by atoms with van der Waals surface area (Å²) < 4.78 is 27.0. The van der Waals surface area contributed by atoms with E-state index in [0.29, 0.717) is 35.3 Å². The molecule has 2 N–H and O–H groups in total. The number of hydrogen-bond donors (Lipinski definition) is 2. The van der Waals surface area contributed by atoms with Gasteiger partial charge in [-0.25, -0.2) is 13.1 Å². The number of sulfonamides is 1. The maximum atomic E-state index is 12.8. The number of hydrogen-bond acceptors (Lipinski definition) is 6. The monoisotopic (exact) mass is 749 g/mol. The summed E-state index contributed by atoms with van der Waals surface area (Å²) in [6.07, 6.45) is 19.2. The van der Waals surface area contributed by atoms with Crippen LogP contribution >= 0.6 is 11.8 Å². The molecule has 7 aliphatic rings. The second-order valence-electron chi connectivity index (χ2n) is 18.8. The molecule has 6 aliphatic carbocycles. The summed E-state index contributed by atoms with van der Waals surface area (Å²) >= 11 is 2.11. The Balaban J connectivity index is 0.00000136. The van der Waals surface area contributed by atoms with Crippen molar-refractivity contribution in [2.45, 2.75) is 122 Å². The number of rotatable bonds is 8. The van der Waals surface area contributed by atoms with Crippen LogP contribution < -0.4 is 10.0 Å². The van der Waals surface area contributed by atoms with Crippen LogP contribution in [0.2, 0.25) is 0 Å². The van der Waals surface area contributed by atoms with Crippen molar-refractivity contribution in [2.75, 3.05) is 37.7 Å². The smallest absolute Gasteiger partial charge is 0.264 e. The summed E-state index contributed by atoms with van der Waals surface area (Å²) in [6, 6.07) is 7.71. The van der Waals surface area contributed by atoms with Crippen molar-refractivity contribution < 1.29 is 13.2 Å². The average Bonchev–Trinajstić information content (AvgIpc) is 3.89. The van der Waals surface area contributed by atoms with Crippen molar-refractivity contribution in [3.05, 3.63) is 54.1 Å². The largest absolute Gasteiger partial charge is 0.310 e. The van der Waals surface area contributed by atoms with Crippen molar-refractivity contribution in [2.24, 2.45) is 45.8 Å². The molecule has 8 unspecified atom stereocenters. The van der Waals surface area contributed by atoms with Crippen molar-refractivity contribution >= 4 is 33.3 Å². The van der Waals surface area contributed by atoms with E-state index in [-0.39, 0.29) is 10.8 Å². The van der Waals surface area contributed by atoms with Gasteiger partial charge < -0.3 is 10.2 Å². The van der Waals surface area contributed by atoms with Crippen LogP contribution in [0, 0.1) is 45.8 Å². The SMILES string of the molecule is C=CC.CC1(C)C(c2ccc(C(=O)NS(=O)(=O)C3CC3)cc2)=CCC2(C)C1CCC1(C)C3CCC4(NCCN5CCSCC5)CCCC4C3CCC12. The molecule has 0 bridgehead atoms. The minimum Gasteiger partial charge on any atom is -0.310 e. The highest BCUT2D eigenvalue weighted by Gasteiger charge is 2.65. The van der Waals surface area contributed by atoms with Crippen molar-refractivity contribution in [3.8, 4) is 0 Å². The summed E-state index contributed by atoms with van der Waals surface area (Å²) in [5, 5.41) is 3.86. The number of amides is 1. The molecule has 8 atom stereocenters. The first-order valence-electron chi connectivity index (χ1n) is 20.8. The Labute approximate surface area is 320 Å². The highest BCUT2D eigenvalue weighted by molar-refractivity contribution is 7.99. The third-order valence-electron chi connectivity index (χ3n) is 15.8. The van der Waals surface area contributed by atoms with Crippen LogP contribution in [0.3, 0.4) is 0 Å². The Morgan fingerprint density at radius 1 is 0.904 bits per heavy atom. The normalized spacial score (nSPS) is 38.2. The Kier molecular flexibility index (Phi) is 11.0. The molecule has 6 fully saturated rings. The zero-order chi connectivity index (χ0) is 36.9. The summed E-state index contributed by atoms with van der Waals surface area (Å²) in [4.78, 5) is 15.5. The van der Waals surface area contributed by atoms with Gasteiger partial charge in [0.25, 0.3) is 5.91 Å². The molecule has 8 heteroatoms. The number of allylic oxidation sites excluding steroid dienone is 3. The van der Waals surface area contributed by atoms with Gasteiger partial charge in [0.1, 0.15) is 0 Å². The van der Waals surface area contributed by atoms with Gasteiger partial charge in [0, 0.05) is 48.8 Å². The van der Waals surface area contributed by atoms with E-state index in [4.69, 9.17) is 0 Å². The standard InChI is InChI=1S/C41H61N3O3S2.C3H6/c1-38(2)32(28-7-9-29(10-8-28)37(45)43-49(46,47)30-11-12-30)15-19-40(4)35(38)17-20-39(3)33-16-21-41(42-22-23-44-24-26-48-27-25-44)18-5-6-34(41)31(33)13-14-36(39)40;1-3-2/h7-10,15,30-31,33-36,42H,5-6,11-14,16-27H2,1-4H3,(H,43,45);3H,1H2,2H3. The van der Waals surface area contributed by atoms with E-state index in [2.05, 4.69) is 67.1 Å². The zero-order valence-electron chi connectivity index (χ0n) is 32.9. The molecule has 288 valence electrons. The quantitative estimate of drug-likeness (QED) is 0.259. The first-order valence-corrected chi connectivity index (χ1v) is 23.5. The lowest BCUT2D eigenvalue weighted by Crippen LogP contribution is -2.63. The number of nitrogens with one attached hydrogen (secondary N) is 2. The molecule has 0 aromatic heterocycles. The number of fused-ring (bicyclic) bond motifs is 7. The third kappa shape index (κ3) is 6.91. The van der Waals surface area contributed by atoms with Gasteiger partial charge in [-0.1, -0.05) is 58.4 Å². The topological polar surface area (TPSA) is 78.5 Å². The van der Waals surface area contributed by atoms with Crippen LogP contribution in [-0.4, -0.2) is 67.7 Å². The second-order valence-corrected chi connectivity index (χ2v) is 22.0. The van der Waals surface area contributed by atoms with E-state index < -0.39 is 21.2 Å². The second kappa shape index (κ2) is 14.8. The molecule has 1 saturated heterocycles. The molecule has 1 aromatic rings. The Hall–Kier alpha value is -1.61. The Morgan fingerprint density at radius 2 is 1.62 bits per heavy atom. The van der Waals surface area contributed by atoms with Crippen LogP contribution in [0.4, 0.5) is 0 Å². The van der Waals surface area contributed by atoms with Gasteiger partial charge in [0.05, 0.1) is 5.25 Å². The van der Waals surface area contributed by atoms with Gasteiger partial charge in [-0.15, -0.1) is 6.58 Å². The zero-order valence-corrected chi connectivity index (χ0v) is 34.5. The lowest BCUT2D eigenvalue weighted by Gasteiger charge is -2.68. The molecule has 1 amide bonds. The van der Waals surface area contributed by atoms with Gasteiger partial charge in [-0.3, -0.25) is 4.79 Å². The van der Waals surface area contributed by atoms with E-state index in [1.165, 1.54) is 107 Å². The number of carbonyl (C=O) groups is 1. The van der Waals surface area contributed by atoms with Crippen LogP contribution in [0.15, 0.2) is 43.0 Å². The van der Waals surface area contributed by atoms with Crippen molar-refractivity contribution in [1.29, 1.82) is 0 Å². The predicted molar refractivity (Wildman–Crippen MR) is 218 cm³/mol. The number of thioether (sulfide) groups is 1. The maximum absolute atomic E-state index is 12.8. The van der Waals surface area contributed by atoms with Crippen LogP contribution in [0.25, 0.3) is 5.57 Å². The summed E-state index contributed by atoms with van der Waals surface area (Å²) in [5.74, 6) is 6.06. The first-order chi connectivity index (χ1) is 24.8. The minimum atomic E-state index is -3.56. The predicted octanol–water partition coefficient (Wildman–Crippen LogP) is 8.95. The molecule has 52 heavy (non-hydrogen) atoms. The number of carbonyl (C=O) groups excluding carboxylic acids is 1. The van der Waals surface area contributed by atoms with Gasteiger partial charge in [0.2, 0.25) is 10.0 Å². The molecule has 5 saturated carbocycles. The molecule has 8 rings (SSSR count). The maximum Gasteiger partial charge on any atom is 0.264 e. The van der Waals surface area contributed by atoms with Gasteiger partial charge >= 0.3 is 0 Å². The van der Waals surface area contributed by atoms with Gasteiger partial charge in [-0.05, 0) is 147 Å². The summed E-state index contributed by atoms with van der Waals surface area (Å²) in [6.45, 7) is 20.5. The molecule has 1 aromatic carbocycles. The van der Waals surface area contributed by atoms with Crippen LogP contribution in [0.5, 0.6) is 0 Å². The van der Waals surface area contributed by atoms with Crippen LogP contribution in [-0.2, 0) is 10.0 Å². The molecular formula is C44H67N3O3S2. The van der Waals surface area contributed by atoms with Crippen LogP contribution in [0.1, 0.15) is 128 Å². The number of benzene rings is 1. The first kappa shape index (κ1) is 38.7. The lowest BCUT2D eigenvalue weighted by atomic mass is 9.37. The summed E-state index contributed by atoms with van der Waals surface area (Å²) in [7, 11) is -3.56.